The first-order valence-electron chi connectivity index (χ1n) is 3.32. The number of carbonyl (C=O) groups is 1. The lowest BCUT2D eigenvalue weighted by atomic mass is 10.2. The maximum Gasteiger partial charge on any atom is 0.302 e. The average Bonchev–Trinajstić information content (AvgIpc) is 2.08. The molecule has 0 radical (unpaired) electrons. The van der Waals surface area contributed by atoms with Gasteiger partial charge in [0.25, 0.3) is 0 Å². The monoisotopic (exact) mass is 200 g/mol. The Kier molecular flexibility index (Phi) is 2.57. The number of nitrogens with zero attached hydrogens (tertiary/aromatic N) is 2. The fourth-order valence-corrected chi connectivity index (χ4v) is 1.04. The number of aldehydes is 1. The van der Waals surface area contributed by atoms with Crippen LogP contribution in [0.5, 0.6) is 0 Å². The lowest BCUT2D eigenvalue weighted by Gasteiger charge is -2.00. The van der Waals surface area contributed by atoms with Crippen molar-refractivity contribution < 1.29 is 9.72 Å². The lowest BCUT2D eigenvalue weighted by Crippen LogP contribution is -2.00. The summed E-state index contributed by atoms with van der Waals surface area (Å²) in [7, 11) is 0. The normalized spacial score (nSPS) is 9.69. The maximum atomic E-state index is 10.5. The lowest BCUT2D eigenvalue weighted by molar-refractivity contribution is -0.385. The molecule has 0 spiro atoms. The second-order valence-corrected chi connectivity index (χ2v) is 2.75. The molecular formula is C7H5ClN2O3. The molecule has 0 atom stereocenters. The van der Waals surface area contributed by atoms with Crippen LogP contribution in [-0.4, -0.2) is 16.2 Å². The van der Waals surface area contributed by atoms with Gasteiger partial charge in [0.2, 0.25) is 0 Å². The van der Waals surface area contributed by atoms with Crippen molar-refractivity contribution in [3.8, 4) is 0 Å². The minimum atomic E-state index is -0.669. The molecule has 13 heavy (non-hydrogen) atoms. The summed E-state index contributed by atoms with van der Waals surface area (Å²) in [6, 6.07) is 0. The van der Waals surface area contributed by atoms with E-state index in [-0.39, 0.29) is 22.0 Å². The summed E-state index contributed by atoms with van der Waals surface area (Å²) in [5, 5.41) is 10.7. The zero-order chi connectivity index (χ0) is 10.0. The summed E-state index contributed by atoms with van der Waals surface area (Å²) in [6.07, 6.45) is 1.55. The van der Waals surface area contributed by atoms with Crippen molar-refractivity contribution >= 4 is 23.6 Å². The molecule has 0 aliphatic carbocycles. The van der Waals surface area contributed by atoms with Gasteiger partial charge in [-0.05, 0) is 6.92 Å². The van der Waals surface area contributed by atoms with Gasteiger partial charge in [-0.3, -0.25) is 14.9 Å². The van der Waals surface area contributed by atoms with Crippen LogP contribution in [0.25, 0.3) is 0 Å². The van der Waals surface area contributed by atoms with E-state index in [4.69, 9.17) is 11.6 Å². The molecule has 5 nitrogen and oxygen atoms in total. The minimum absolute atomic E-state index is 0.178. The molecule has 0 amide bonds. The highest BCUT2D eigenvalue weighted by atomic mass is 35.5. The minimum Gasteiger partial charge on any atom is -0.296 e. The molecule has 68 valence electrons. The van der Waals surface area contributed by atoms with E-state index in [1.54, 1.807) is 0 Å². The molecule has 0 saturated heterocycles. The number of hydrogen-bond donors (Lipinski definition) is 0. The second-order valence-electron chi connectivity index (χ2n) is 2.34. The van der Waals surface area contributed by atoms with Crippen molar-refractivity contribution in [1.29, 1.82) is 0 Å². The van der Waals surface area contributed by atoms with Crippen LogP contribution >= 0.6 is 11.6 Å². The molecule has 1 aromatic rings. The van der Waals surface area contributed by atoms with E-state index in [0.29, 0.717) is 6.29 Å². The highest BCUT2D eigenvalue weighted by Gasteiger charge is 2.20. The number of hydrogen-bond acceptors (Lipinski definition) is 4. The van der Waals surface area contributed by atoms with E-state index in [1.807, 2.05) is 0 Å². The van der Waals surface area contributed by atoms with Crippen molar-refractivity contribution in [1.82, 2.24) is 4.98 Å². The Balaban J connectivity index is 3.50. The summed E-state index contributed by atoms with van der Waals surface area (Å²) in [5.74, 6) is 0. The van der Waals surface area contributed by atoms with Gasteiger partial charge in [0, 0.05) is 11.8 Å². The van der Waals surface area contributed by atoms with E-state index < -0.39 is 4.92 Å². The summed E-state index contributed by atoms with van der Waals surface area (Å²) in [6.45, 7) is 1.47. The molecule has 0 fully saturated rings. The number of aromatic nitrogens is 1. The van der Waals surface area contributed by atoms with Crippen molar-refractivity contribution in [3.63, 3.8) is 0 Å². The van der Waals surface area contributed by atoms with E-state index in [1.165, 1.54) is 13.1 Å². The third-order valence-corrected chi connectivity index (χ3v) is 1.95. The van der Waals surface area contributed by atoms with Crippen molar-refractivity contribution in [3.05, 3.63) is 32.6 Å². The highest BCUT2D eigenvalue weighted by Crippen LogP contribution is 2.26. The molecule has 0 aliphatic heterocycles. The Hall–Kier alpha value is -1.49. The predicted octanol–water partition coefficient (Wildman–Crippen LogP) is 1.76. The van der Waals surface area contributed by atoms with Crippen LogP contribution in [0.3, 0.4) is 0 Å². The standard InChI is InChI=1S/C7H5ClN2O3/c1-4-5(8)2-9-6(3-11)7(4)10(12)13/h2-3H,1H3. The molecule has 1 aromatic heterocycles. The van der Waals surface area contributed by atoms with Crippen LogP contribution in [0.1, 0.15) is 16.1 Å². The second kappa shape index (κ2) is 3.49. The molecule has 0 N–H and O–H groups in total. The molecule has 6 heteroatoms. The highest BCUT2D eigenvalue weighted by molar-refractivity contribution is 6.31. The first-order valence-corrected chi connectivity index (χ1v) is 3.70. The first kappa shape index (κ1) is 9.60. The van der Waals surface area contributed by atoms with Crippen LogP contribution in [0, 0.1) is 17.0 Å². The van der Waals surface area contributed by atoms with Crippen LogP contribution in [-0.2, 0) is 0 Å². The summed E-state index contributed by atoms with van der Waals surface area (Å²) >= 11 is 5.60. The Morgan fingerprint density at radius 3 is 2.77 bits per heavy atom. The first-order chi connectivity index (χ1) is 6.07. The SMILES string of the molecule is Cc1c(Cl)cnc(C=O)c1[N+](=O)[O-]. The number of carbonyl (C=O) groups excluding carboxylic acids is 1. The van der Waals surface area contributed by atoms with Gasteiger partial charge in [0.15, 0.2) is 12.0 Å². The third-order valence-electron chi connectivity index (χ3n) is 1.57. The van der Waals surface area contributed by atoms with Crippen LogP contribution in [0.4, 0.5) is 5.69 Å². The van der Waals surface area contributed by atoms with E-state index in [9.17, 15) is 14.9 Å². The third kappa shape index (κ3) is 1.65. The van der Waals surface area contributed by atoms with Gasteiger partial charge in [-0.2, -0.15) is 0 Å². The number of rotatable bonds is 2. The zero-order valence-electron chi connectivity index (χ0n) is 6.65. The topological polar surface area (TPSA) is 73.1 Å². The molecule has 0 bridgehead atoms. The van der Waals surface area contributed by atoms with Crippen LogP contribution in [0.15, 0.2) is 6.20 Å². The van der Waals surface area contributed by atoms with Crippen LogP contribution in [0.2, 0.25) is 5.02 Å². The van der Waals surface area contributed by atoms with Crippen molar-refractivity contribution in [2.24, 2.45) is 0 Å². The van der Waals surface area contributed by atoms with Gasteiger partial charge in [-0.1, -0.05) is 11.6 Å². The Morgan fingerprint density at radius 1 is 1.69 bits per heavy atom. The molecule has 0 aliphatic rings. The molecule has 1 rings (SSSR count). The van der Waals surface area contributed by atoms with E-state index in [0.717, 1.165) is 0 Å². The van der Waals surface area contributed by atoms with E-state index >= 15 is 0 Å². The van der Waals surface area contributed by atoms with Gasteiger partial charge in [0.05, 0.1) is 9.95 Å². The Bertz CT molecular complexity index is 378. The fourth-order valence-electron chi connectivity index (χ4n) is 0.906. The van der Waals surface area contributed by atoms with E-state index in [2.05, 4.69) is 4.98 Å². The quantitative estimate of drug-likeness (QED) is 0.414. The maximum absolute atomic E-state index is 10.5. The van der Waals surface area contributed by atoms with Crippen molar-refractivity contribution in [2.75, 3.05) is 0 Å². The van der Waals surface area contributed by atoms with Crippen LogP contribution < -0.4 is 0 Å². The average molecular weight is 201 g/mol. The summed E-state index contributed by atoms with van der Waals surface area (Å²) < 4.78 is 0. The van der Waals surface area contributed by atoms with Crippen molar-refractivity contribution in [2.45, 2.75) is 6.92 Å². The molecule has 0 unspecified atom stereocenters. The number of halogens is 1. The zero-order valence-corrected chi connectivity index (χ0v) is 7.41. The van der Waals surface area contributed by atoms with Gasteiger partial charge >= 0.3 is 5.69 Å². The Labute approximate surface area is 78.5 Å². The molecule has 0 aromatic carbocycles. The van der Waals surface area contributed by atoms with Gasteiger partial charge in [0.1, 0.15) is 0 Å². The van der Waals surface area contributed by atoms with Gasteiger partial charge in [-0.25, -0.2) is 4.98 Å². The number of nitro groups is 1. The largest absolute Gasteiger partial charge is 0.302 e. The predicted molar refractivity (Wildman–Crippen MR) is 46.0 cm³/mol. The molecule has 0 saturated carbocycles. The van der Waals surface area contributed by atoms with Gasteiger partial charge in [-0.15, -0.1) is 0 Å². The summed E-state index contributed by atoms with van der Waals surface area (Å²) in [5.41, 5.74) is -0.279. The fraction of sp³-hybridized carbons (Fsp3) is 0.143. The smallest absolute Gasteiger partial charge is 0.296 e. The summed E-state index contributed by atoms with van der Waals surface area (Å²) in [4.78, 5) is 23.8. The van der Waals surface area contributed by atoms with Gasteiger partial charge < -0.3 is 0 Å². The molecular weight excluding hydrogens is 196 g/mol. The molecule has 1 heterocycles. The number of pyridine rings is 1. The Morgan fingerprint density at radius 2 is 2.31 bits per heavy atom.